The van der Waals surface area contributed by atoms with Gasteiger partial charge in [-0.05, 0) is 44.4 Å². The quantitative estimate of drug-likeness (QED) is 0.619. The van der Waals surface area contributed by atoms with Crippen molar-refractivity contribution in [1.29, 1.82) is 0 Å². The van der Waals surface area contributed by atoms with Crippen molar-refractivity contribution in [3.63, 3.8) is 0 Å². The molecule has 1 aliphatic heterocycles. The molecule has 0 saturated carbocycles. The average molecular weight is 374 g/mol. The molecular formula is C19H27FN6O. The molecule has 1 saturated heterocycles. The SMILES string of the molecule is CCNC(=NCc1noc(C)n1)NC1CCCN(c2cc(C)ccc2F)C1. The largest absolute Gasteiger partial charge is 0.367 e. The summed E-state index contributed by atoms with van der Waals surface area (Å²) in [5.74, 6) is 1.61. The Morgan fingerprint density at radius 1 is 1.41 bits per heavy atom. The highest BCUT2D eigenvalue weighted by molar-refractivity contribution is 5.80. The van der Waals surface area contributed by atoms with Crippen molar-refractivity contribution >= 4 is 11.6 Å². The number of aliphatic imine (C=N–C) groups is 1. The van der Waals surface area contributed by atoms with E-state index in [-0.39, 0.29) is 11.9 Å². The Morgan fingerprint density at radius 2 is 2.26 bits per heavy atom. The Bertz CT molecular complexity index is 790. The first-order chi connectivity index (χ1) is 13.0. The van der Waals surface area contributed by atoms with E-state index >= 15 is 0 Å². The van der Waals surface area contributed by atoms with Crippen LogP contribution in [0.1, 0.15) is 37.0 Å². The van der Waals surface area contributed by atoms with Crippen LogP contribution in [-0.4, -0.2) is 41.8 Å². The first-order valence-corrected chi connectivity index (χ1v) is 9.40. The van der Waals surface area contributed by atoms with Crippen molar-refractivity contribution in [2.45, 2.75) is 46.2 Å². The van der Waals surface area contributed by atoms with Crippen molar-refractivity contribution in [3.8, 4) is 0 Å². The minimum absolute atomic E-state index is 0.172. The van der Waals surface area contributed by atoms with Gasteiger partial charge < -0.3 is 20.1 Å². The van der Waals surface area contributed by atoms with E-state index in [2.05, 4.69) is 30.7 Å². The number of guanidine groups is 1. The van der Waals surface area contributed by atoms with Gasteiger partial charge in [-0.1, -0.05) is 11.2 Å². The van der Waals surface area contributed by atoms with Gasteiger partial charge in [-0.25, -0.2) is 9.38 Å². The second-order valence-electron chi connectivity index (χ2n) is 6.81. The number of piperidine rings is 1. The summed E-state index contributed by atoms with van der Waals surface area (Å²) in [6, 6.07) is 5.44. The first kappa shape index (κ1) is 19.1. The summed E-state index contributed by atoms with van der Waals surface area (Å²) in [6.45, 7) is 8.43. The standard InChI is InChI=1S/C19H27FN6O/c1-4-21-19(22-11-18-23-14(3)27-25-18)24-15-6-5-9-26(12-15)17-10-13(2)7-8-16(17)20/h7-8,10,15H,4-6,9,11-12H2,1-3H3,(H2,21,22,24). The number of anilines is 1. The van der Waals surface area contributed by atoms with Gasteiger partial charge >= 0.3 is 0 Å². The van der Waals surface area contributed by atoms with Crippen molar-refractivity contribution in [1.82, 2.24) is 20.8 Å². The number of nitrogens with zero attached hydrogens (tertiary/aromatic N) is 4. The fraction of sp³-hybridized carbons (Fsp3) is 0.526. The zero-order valence-corrected chi connectivity index (χ0v) is 16.1. The van der Waals surface area contributed by atoms with Crippen molar-refractivity contribution < 1.29 is 8.91 Å². The number of halogens is 1. The molecule has 3 rings (SSSR count). The van der Waals surface area contributed by atoms with E-state index in [9.17, 15) is 4.39 Å². The second kappa shape index (κ2) is 8.83. The summed E-state index contributed by atoms with van der Waals surface area (Å²) >= 11 is 0. The van der Waals surface area contributed by atoms with E-state index in [4.69, 9.17) is 4.52 Å². The van der Waals surface area contributed by atoms with Gasteiger partial charge in [-0.15, -0.1) is 0 Å². The fourth-order valence-electron chi connectivity index (χ4n) is 3.25. The highest BCUT2D eigenvalue weighted by Gasteiger charge is 2.23. The number of benzene rings is 1. The summed E-state index contributed by atoms with van der Waals surface area (Å²) in [4.78, 5) is 10.8. The lowest BCUT2D eigenvalue weighted by molar-refractivity contribution is 0.387. The molecule has 7 nitrogen and oxygen atoms in total. The molecular weight excluding hydrogens is 347 g/mol. The maximum atomic E-state index is 14.3. The summed E-state index contributed by atoms with van der Waals surface area (Å²) < 4.78 is 19.2. The molecule has 2 heterocycles. The zero-order valence-electron chi connectivity index (χ0n) is 16.1. The summed E-state index contributed by atoms with van der Waals surface area (Å²) in [5.41, 5.74) is 1.73. The molecule has 1 aliphatic rings. The smallest absolute Gasteiger partial charge is 0.223 e. The van der Waals surface area contributed by atoms with Crippen LogP contribution in [0.25, 0.3) is 0 Å². The van der Waals surface area contributed by atoms with Gasteiger partial charge in [0.25, 0.3) is 0 Å². The number of hydrogen-bond donors (Lipinski definition) is 2. The molecule has 0 spiro atoms. The van der Waals surface area contributed by atoms with Gasteiger partial charge in [0.2, 0.25) is 5.89 Å². The number of rotatable bonds is 5. The van der Waals surface area contributed by atoms with Crippen LogP contribution in [0.5, 0.6) is 0 Å². The van der Waals surface area contributed by atoms with Gasteiger partial charge in [0.05, 0.1) is 5.69 Å². The van der Waals surface area contributed by atoms with Gasteiger partial charge in [-0.3, -0.25) is 0 Å². The minimum Gasteiger partial charge on any atom is -0.367 e. The predicted molar refractivity (Wildman–Crippen MR) is 103 cm³/mol. The number of aryl methyl sites for hydroxylation is 2. The fourth-order valence-corrected chi connectivity index (χ4v) is 3.25. The number of hydrogen-bond acceptors (Lipinski definition) is 5. The first-order valence-electron chi connectivity index (χ1n) is 9.40. The third-order valence-corrected chi connectivity index (χ3v) is 4.50. The van der Waals surface area contributed by atoms with Gasteiger partial charge in [0, 0.05) is 32.6 Å². The van der Waals surface area contributed by atoms with Crippen LogP contribution in [0, 0.1) is 19.7 Å². The Morgan fingerprint density at radius 3 is 3.00 bits per heavy atom. The monoisotopic (exact) mass is 374 g/mol. The van der Waals surface area contributed by atoms with Crippen molar-refractivity contribution in [2.75, 3.05) is 24.5 Å². The number of aromatic nitrogens is 2. The zero-order chi connectivity index (χ0) is 19.2. The van der Waals surface area contributed by atoms with E-state index in [1.165, 1.54) is 0 Å². The highest BCUT2D eigenvalue weighted by Crippen LogP contribution is 2.24. The minimum atomic E-state index is -0.172. The Kier molecular flexibility index (Phi) is 6.26. The van der Waals surface area contributed by atoms with Crippen molar-refractivity contribution in [3.05, 3.63) is 41.3 Å². The molecule has 1 atom stereocenters. The van der Waals surface area contributed by atoms with Crippen LogP contribution in [0.4, 0.5) is 10.1 Å². The van der Waals surface area contributed by atoms with Gasteiger partial charge in [0.1, 0.15) is 12.4 Å². The normalized spacial score (nSPS) is 17.9. The van der Waals surface area contributed by atoms with Crippen LogP contribution >= 0.6 is 0 Å². The lowest BCUT2D eigenvalue weighted by Gasteiger charge is -2.35. The predicted octanol–water partition coefficient (Wildman–Crippen LogP) is 2.55. The highest BCUT2D eigenvalue weighted by atomic mass is 19.1. The molecule has 2 aromatic rings. The molecule has 27 heavy (non-hydrogen) atoms. The molecule has 0 bridgehead atoms. The van der Waals surface area contributed by atoms with Crippen LogP contribution < -0.4 is 15.5 Å². The molecule has 1 aromatic heterocycles. The molecule has 1 fully saturated rings. The molecule has 2 N–H and O–H groups in total. The third kappa shape index (κ3) is 5.18. The molecule has 1 aromatic carbocycles. The Labute approximate surface area is 159 Å². The van der Waals surface area contributed by atoms with E-state index in [1.54, 1.807) is 19.1 Å². The number of nitrogens with one attached hydrogen (secondary N) is 2. The average Bonchev–Trinajstić information content (AvgIpc) is 3.07. The summed E-state index contributed by atoms with van der Waals surface area (Å²) in [7, 11) is 0. The van der Waals surface area contributed by atoms with Crippen LogP contribution in [0.15, 0.2) is 27.7 Å². The van der Waals surface area contributed by atoms with Crippen LogP contribution in [-0.2, 0) is 6.54 Å². The molecule has 0 amide bonds. The van der Waals surface area contributed by atoms with E-state index in [0.717, 1.165) is 38.0 Å². The summed E-state index contributed by atoms with van der Waals surface area (Å²) in [5, 5.41) is 10.6. The van der Waals surface area contributed by atoms with E-state index < -0.39 is 0 Å². The van der Waals surface area contributed by atoms with Crippen LogP contribution in [0.3, 0.4) is 0 Å². The van der Waals surface area contributed by atoms with Gasteiger partial charge in [0.15, 0.2) is 11.8 Å². The Balaban J connectivity index is 1.65. The lowest BCUT2D eigenvalue weighted by atomic mass is 10.0. The van der Waals surface area contributed by atoms with Gasteiger partial charge in [-0.2, -0.15) is 4.98 Å². The maximum absolute atomic E-state index is 14.3. The van der Waals surface area contributed by atoms with Crippen molar-refractivity contribution in [2.24, 2.45) is 4.99 Å². The Hall–Kier alpha value is -2.64. The lowest BCUT2D eigenvalue weighted by Crippen LogP contribution is -2.51. The molecule has 8 heteroatoms. The maximum Gasteiger partial charge on any atom is 0.223 e. The third-order valence-electron chi connectivity index (χ3n) is 4.50. The second-order valence-corrected chi connectivity index (χ2v) is 6.81. The molecule has 0 radical (unpaired) electrons. The van der Waals surface area contributed by atoms with E-state index in [1.807, 2.05) is 19.9 Å². The molecule has 146 valence electrons. The topological polar surface area (TPSA) is 78.6 Å². The van der Waals surface area contributed by atoms with Crippen LogP contribution in [0.2, 0.25) is 0 Å². The van der Waals surface area contributed by atoms with E-state index in [0.29, 0.717) is 29.9 Å². The molecule has 1 unspecified atom stereocenters. The summed E-state index contributed by atoms with van der Waals surface area (Å²) in [6.07, 6.45) is 2.00. The molecule has 0 aliphatic carbocycles.